The molecule has 0 saturated carbocycles. The van der Waals surface area contributed by atoms with Crippen LogP contribution in [0.5, 0.6) is 0 Å². The molecule has 0 fully saturated rings. The second-order valence-electron chi connectivity index (χ2n) is 4.17. The van der Waals surface area contributed by atoms with Gasteiger partial charge in [0.25, 0.3) is 0 Å². The van der Waals surface area contributed by atoms with Crippen LogP contribution in [0.15, 0.2) is 47.8 Å². The van der Waals surface area contributed by atoms with E-state index in [1.807, 2.05) is 29.7 Å². The average molecular weight is 297 g/mol. The molecule has 3 aromatic rings. The number of hydrogen-bond donors (Lipinski definition) is 1. The third kappa shape index (κ3) is 2.33. The summed E-state index contributed by atoms with van der Waals surface area (Å²) < 4.78 is 0.525. The fraction of sp³-hybridized carbons (Fsp3) is 0. The molecule has 20 heavy (non-hydrogen) atoms. The number of nitrogens with zero attached hydrogens (tertiary/aromatic N) is 2. The summed E-state index contributed by atoms with van der Waals surface area (Å²) >= 11 is 7.02. The van der Waals surface area contributed by atoms with Crippen LogP contribution in [-0.2, 0) is 0 Å². The molecule has 0 aliphatic rings. The summed E-state index contributed by atoms with van der Waals surface area (Å²) in [6.45, 7) is 3.70. The first-order valence-corrected chi connectivity index (χ1v) is 7.35. The minimum Gasteiger partial charge on any atom is -0.275 e. The third-order valence-electron chi connectivity index (χ3n) is 2.91. The van der Waals surface area contributed by atoms with E-state index in [1.165, 1.54) is 0 Å². The number of aromatic amines is 1. The molecule has 3 nitrogen and oxygen atoms in total. The minimum absolute atomic E-state index is 0.525. The van der Waals surface area contributed by atoms with Crippen molar-refractivity contribution < 1.29 is 0 Å². The van der Waals surface area contributed by atoms with E-state index in [4.69, 9.17) is 12.2 Å². The lowest BCUT2D eigenvalue weighted by Gasteiger charge is -1.93. The van der Waals surface area contributed by atoms with Gasteiger partial charge in [-0.15, -0.1) is 0 Å². The Kier molecular flexibility index (Phi) is 3.54. The van der Waals surface area contributed by atoms with E-state index < -0.39 is 0 Å². The van der Waals surface area contributed by atoms with Gasteiger partial charge in [-0.2, -0.15) is 16.4 Å². The Morgan fingerprint density at radius 1 is 1.40 bits per heavy atom. The van der Waals surface area contributed by atoms with Gasteiger partial charge in [0.15, 0.2) is 4.64 Å². The summed E-state index contributed by atoms with van der Waals surface area (Å²) in [5.74, 6) is 0. The minimum atomic E-state index is 0.525. The maximum atomic E-state index is 5.38. The lowest BCUT2D eigenvalue weighted by atomic mass is 10.1. The monoisotopic (exact) mass is 297 g/mol. The molecular formula is C15H11N3S2. The van der Waals surface area contributed by atoms with Gasteiger partial charge in [0.05, 0.1) is 11.9 Å². The van der Waals surface area contributed by atoms with Gasteiger partial charge >= 0.3 is 0 Å². The zero-order valence-electron chi connectivity index (χ0n) is 10.5. The largest absolute Gasteiger partial charge is 0.275 e. The first-order valence-electron chi connectivity index (χ1n) is 5.99. The van der Waals surface area contributed by atoms with Crippen LogP contribution < -0.4 is 0 Å². The highest BCUT2D eigenvalue weighted by molar-refractivity contribution is 7.71. The Balaban J connectivity index is 2.37. The number of nitrogens with one attached hydrogen (secondary N) is 1. The van der Waals surface area contributed by atoms with Crippen LogP contribution in [0.2, 0.25) is 0 Å². The highest BCUT2D eigenvalue weighted by Crippen LogP contribution is 2.25. The van der Waals surface area contributed by atoms with Crippen molar-refractivity contribution in [3.8, 4) is 11.3 Å². The number of rotatable bonds is 3. The predicted octanol–water partition coefficient (Wildman–Crippen LogP) is 4.62. The smallest absolute Gasteiger partial charge is 0.152 e. The quantitative estimate of drug-likeness (QED) is 0.567. The molecule has 0 aliphatic carbocycles. The zero-order valence-corrected chi connectivity index (χ0v) is 12.2. The summed E-state index contributed by atoms with van der Waals surface area (Å²) in [7, 11) is 0. The Bertz CT molecular complexity index is 845. The number of aromatic nitrogens is 3. The highest BCUT2D eigenvalue weighted by Gasteiger charge is 2.06. The molecule has 0 spiro atoms. The molecule has 5 heteroatoms. The first kappa shape index (κ1) is 12.9. The van der Waals surface area contributed by atoms with E-state index in [0.717, 1.165) is 27.7 Å². The molecule has 0 amide bonds. The van der Waals surface area contributed by atoms with E-state index in [2.05, 4.69) is 27.1 Å². The van der Waals surface area contributed by atoms with Gasteiger partial charge in [0.2, 0.25) is 0 Å². The van der Waals surface area contributed by atoms with Gasteiger partial charge in [-0.3, -0.25) is 5.10 Å². The molecule has 0 bridgehead atoms. The Hall–Kier alpha value is -2.11. The summed E-state index contributed by atoms with van der Waals surface area (Å²) in [6.07, 6.45) is 7.39. The number of hydrogen-bond acceptors (Lipinski definition) is 4. The van der Waals surface area contributed by atoms with Gasteiger partial charge in [0.1, 0.15) is 5.52 Å². The second kappa shape index (κ2) is 5.48. The molecule has 1 N–H and O–H groups in total. The van der Waals surface area contributed by atoms with Gasteiger partial charge in [-0.1, -0.05) is 37.0 Å². The van der Waals surface area contributed by atoms with Gasteiger partial charge in [0, 0.05) is 16.3 Å². The van der Waals surface area contributed by atoms with Crippen molar-refractivity contribution in [1.82, 2.24) is 15.2 Å². The lowest BCUT2D eigenvalue weighted by Crippen LogP contribution is -1.77. The van der Waals surface area contributed by atoms with Gasteiger partial charge in [-0.05, 0) is 23.1 Å². The van der Waals surface area contributed by atoms with Gasteiger partial charge < -0.3 is 0 Å². The van der Waals surface area contributed by atoms with E-state index >= 15 is 0 Å². The molecule has 0 unspecified atom stereocenters. The van der Waals surface area contributed by atoms with E-state index in [1.54, 1.807) is 23.6 Å². The maximum Gasteiger partial charge on any atom is 0.152 e. The third-order valence-corrected chi connectivity index (χ3v) is 3.89. The maximum absolute atomic E-state index is 5.38. The van der Waals surface area contributed by atoms with Crippen LogP contribution in [0.1, 0.15) is 5.56 Å². The van der Waals surface area contributed by atoms with Crippen molar-refractivity contribution in [2.24, 2.45) is 0 Å². The normalized spacial score (nSPS) is 11.2. The van der Waals surface area contributed by atoms with Crippen LogP contribution >= 0.6 is 23.6 Å². The fourth-order valence-corrected chi connectivity index (χ4v) is 2.86. The van der Waals surface area contributed by atoms with Crippen LogP contribution in [0.4, 0.5) is 0 Å². The molecule has 0 saturated heterocycles. The molecule has 98 valence electrons. The van der Waals surface area contributed by atoms with Crippen molar-refractivity contribution in [3.05, 3.63) is 58.0 Å². The van der Waals surface area contributed by atoms with E-state index in [0.29, 0.717) is 4.64 Å². The molecule has 3 heterocycles. The Labute approximate surface area is 125 Å². The van der Waals surface area contributed by atoms with Crippen molar-refractivity contribution >= 4 is 40.5 Å². The fourth-order valence-electron chi connectivity index (χ4n) is 1.96. The highest BCUT2D eigenvalue weighted by atomic mass is 32.1. The summed E-state index contributed by atoms with van der Waals surface area (Å²) in [5, 5.41) is 12.0. The van der Waals surface area contributed by atoms with Crippen LogP contribution in [-0.4, -0.2) is 15.2 Å². The van der Waals surface area contributed by atoms with Crippen LogP contribution in [0.25, 0.3) is 28.2 Å². The Morgan fingerprint density at radius 2 is 2.30 bits per heavy atom. The molecule has 0 atom stereocenters. The van der Waals surface area contributed by atoms with Crippen LogP contribution in [0.3, 0.4) is 0 Å². The SMILES string of the molecule is C=C/C=C/c1cc(-c2ccsc2)nc(=S)c2[nH]ncc12. The van der Waals surface area contributed by atoms with Gasteiger partial charge in [-0.25, -0.2) is 4.98 Å². The molecular weight excluding hydrogens is 286 g/mol. The lowest BCUT2D eigenvalue weighted by molar-refractivity contribution is 1.11. The van der Waals surface area contributed by atoms with E-state index in [-0.39, 0.29) is 0 Å². The number of allylic oxidation sites excluding steroid dienone is 2. The standard InChI is InChI=1S/C15H11N3S2/c1-2-3-4-10-7-13(11-5-6-20-9-11)17-15(19)14-12(10)8-16-18-14/h2-9H,1H2,(H,16,18)/b4-3+. The average Bonchev–Trinajstić information content (AvgIpc) is 3.10. The topological polar surface area (TPSA) is 41.6 Å². The van der Waals surface area contributed by atoms with Crippen molar-refractivity contribution in [2.75, 3.05) is 0 Å². The van der Waals surface area contributed by atoms with Crippen LogP contribution in [0, 0.1) is 4.64 Å². The Morgan fingerprint density at radius 3 is 3.05 bits per heavy atom. The second-order valence-corrected chi connectivity index (χ2v) is 5.33. The number of H-pyrrole nitrogens is 1. The first-order chi connectivity index (χ1) is 9.79. The number of thiophene rings is 1. The molecule has 3 rings (SSSR count). The molecule has 0 aromatic carbocycles. The molecule has 3 aromatic heterocycles. The summed E-state index contributed by atoms with van der Waals surface area (Å²) in [5.41, 5.74) is 3.73. The summed E-state index contributed by atoms with van der Waals surface area (Å²) in [6, 6.07) is 4.06. The van der Waals surface area contributed by atoms with E-state index in [9.17, 15) is 0 Å². The summed E-state index contributed by atoms with van der Waals surface area (Å²) in [4.78, 5) is 4.54. The zero-order chi connectivity index (χ0) is 13.9. The predicted molar refractivity (Wildman–Crippen MR) is 87.3 cm³/mol. The number of fused-ring (bicyclic) bond motifs is 1. The molecule has 0 aliphatic heterocycles. The van der Waals surface area contributed by atoms with Crippen molar-refractivity contribution in [2.45, 2.75) is 0 Å². The van der Waals surface area contributed by atoms with Crippen molar-refractivity contribution in [1.29, 1.82) is 0 Å². The van der Waals surface area contributed by atoms with Crippen molar-refractivity contribution in [3.63, 3.8) is 0 Å². The molecule has 0 radical (unpaired) electrons.